The molecule has 1 aromatic carbocycles. The summed E-state index contributed by atoms with van der Waals surface area (Å²) in [5, 5.41) is 6.65. The Hall–Kier alpha value is -2.96. The number of ether oxygens (including phenoxy) is 3. The van der Waals surface area contributed by atoms with Crippen molar-refractivity contribution in [2.45, 2.75) is 44.9 Å². The van der Waals surface area contributed by atoms with E-state index in [1.54, 1.807) is 27.5 Å². The molecule has 2 N–H and O–H groups in total. The topological polar surface area (TPSA) is 77.0 Å². The highest BCUT2D eigenvalue weighted by Crippen LogP contribution is 2.27. The van der Waals surface area contributed by atoms with E-state index < -0.39 is 0 Å². The lowest BCUT2D eigenvalue weighted by atomic mass is 10.2. The van der Waals surface area contributed by atoms with E-state index in [1.165, 1.54) is 12.8 Å². The van der Waals surface area contributed by atoms with Gasteiger partial charge in [-0.1, -0.05) is 12.1 Å². The second kappa shape index (κ2) is 10.5. The van der Waals surface area contributed by atoms with Gasteiger partial charge in [-0.05, 0) is 49.4 Å². The molecule has 1 saturated carbocycles. The molecule has 0 radical (unpaired) electrons. The lowest BCUT2D eigenvalue weighted by Gasteiger charge is -2.17. The zero-order valence-corrected chi connectivity index (χ0v) is 17.4. The van der Waals surface area contributed by atoms with Crippen LogP contribution in [0.15, 0.2) is 41.5 Å². The van der Waals surface area contributed by atoms with Gasteiger partial charge in [0.1, 0.15) is 6.10 Å². The largest absolute Gasteiger partial charge is 0.493 e. The van der Waals surface area contributed by atoms with E-state index >= 15 is 0 Å². The number of nitrogens with one attached hydrogen (secondary N) is 2. The van der Waals surface area contributed by atoms with Crippen LogP contribution in [0.1, 0.15) is 36.8 Å². The summed E-state index contributed by atoms with van der Waals surface area (Å²) in [5.41, 5.74) is 2.09. The highest BCUT2D eigenvalue weighted by molar-refractivity contribution is 5.79. The molecule has 1 heterocycles. The van der Waals surface area contributed by atoms with Gasteiger partial charge in [0, 0.05) is 31.9 Å². The fourth-order valence-electron chi connectivity index (χ4n) is 3.40. The molecule has 7 nitrogen and oxygen atoms in total. The quantitative estimate of drug-likeness (QED) is 0.525. The Morgan fingerprint density at radius 3 is 2.55 bits per heavy atom. The number of rotatable bonds is 8. The molecule has 0 atom stereocenters. The summed E-state index contributed by atoms with van der Waals surface area (Å²) in [6.07, 6.45) is 6.75. The number of hydrogen-bond acceptors (Lipinski definition) is 5. The monoisotopic (exact) mass is 398 g/mol. The zero-order valence-electron chi connectivity index (χ0n) is 17.4. The molecule has 7 heteroatoms. The molecule has 2 aromatic rings. The molecule has 1 aromatic heterocycles. The minimum atomic E-state index is 0.283. The molecule has 3 rings (SSSR count). The fourth-order valence-corrected chi connectivity index (χ4v) is 3.40. The van der Waals surface area contributed by atoms with E-state index in [2.05, 4.69) is 20.6 Å². The Kier molecular flexibility index (Phi) is 7.55. The van der Waals surface area contributed by atoms with Gasteiger partial charge in [0.2, 0.25) is 5.88 Å². The van der Waals surface area contributed by atoms with Crippen molar-refractivity contribution >= 4 is 5.96 Å². The Labute approximate surface area is 172 Å². The van der Waals surface area contributed by atoms with Gasteiger partial charge in [-0.15, -0.1) is 0 Å². The molecule has 0 amide bonds. The number of hydrogen-bond donors (Lipinski definition) is 2. The minimum absolute atomic E-state index is 0.283. The van der Waals surface area contributed by atoms with Gasteiger partial charge < -0.3 is 24.8 Å². The first kappa shape index (κ1) is 20.8. The molecule has 0 aliphatic heterocycles. The van der Waals surface area contributed by atoms with Crippen LogP contribution in [0.25, 0.3) is 0 Å². The average Bonchev–Trinajstić information content (AvgIpc) is 3.27. The Balaban J connectivity index is 1.56. The van der Waals surface area contributed by atoms with Crippen molar-refractivity contribution in [3.63, 3.8) is 0 Å². The maximum absolute atomic E-state index is 6.11. The predicted molar refractivity (Wildman–Crippen MR) is 114 cm³/mol. The first-order chi connectivity index (χ1) is 14.2. The first-order valence-corrected chi connectivity index (χ1v) is 9.99. The third-order valence-electron chi connectivity index (χ3n) is 5.01. The second-order valence-corrected chi connectivity index (χ2v) is 6.96. The van der Waals surface area contributed by atoms with Crippen LogP contribution in [0.3, 0.4) is 0 Å². The van der Waals surface area contributed by atoms with Crippen molar-refractivity contribution in [2.75, 3.05) is 21.3 Å². The van der Waals surface area contributed by atoms with Crippen molar-refractivity contribution in [3.8, 4) is 17.4 Å². The summed E-state index contributed by atoms with van der Waals surface area (Å²) in [6.45, 7) is 1.19. The third-order valence-corrected chi connectivity index (χ3v) is 5.01. The molecule has 0 spiro atoms. The number of methoxy groups -OCH3 is 2. The molecule has 1 aliphatic carbocycles. The molecule has 0 saturated heterocycles. The predicted octanol–water partition coefficient (Wildman–Crippen LogP) is 3.29. The van der Waals surface area contributed by atoms with Crippen LogP contribution in [-0.2, 0) is 13.1 Å². The number of aliphatic imine (C=N–C) groups is 1. The lowest BCUT2D eigenvalue weighted by Crippen LogP contribution is -2.36. The molecule has 0 bridgehead atoms. The van der Waals surface area contributed by atoms with Crippen molar-refractivity contribution in [2.24, 2.45) is 4.99 Å². The second-order valence-electron chi connectivity index (χ2n) is 6.96. The van der Waals surface area contributed by atoms with Crippen LogP contribution in [0.4, 0.5) is 0 Å². The highest BCUT2D eigenvalue weighted by atomic mass is 16.5. The SMILES string of the molecule is CN=C(NCc1ccc(OC)c(OC)c1)NCc1cccnc1OC1CCCC1. The summed E-state index contributed by atoms with van der Waals surface area (Å²) in [6, 6.07) is 9.81. The van der Waals surface area contributed by atoms with Gasteiger partial charge in [0.05, 0.1) is 14.2 Å². The van der Waals surface area contributed by atoms with E-state index in [9.17, 15) is 0 Å². The number of benzene rings is 1. The maximum Gasteiger partial charge on any atom is 0.218 e. The normalized spacial score (nSPS) is 14.5. The molecular formula is C22H30N4O3. The average molecular weight is 399 g/mol. The van der Waals surface area contributed by atoms with Crippen LogP contribution in [0, 0.1) is 0 Å². The maximum atomic E-state index is 6.11. The fraction of sp³-hybridized carbons (Fsp3) is 0.455. The van der Waals surface area contributed by atoms with Crippen LogP contribution >= 0.6 is 0 Å². The zero-order chi connectivity index (χ0) is 20.5. The van der Waals surface area contributed by atoms with Gasteiger partial charge in [0.15, 0.2) is 17.5 Å². The summed E-state index contributed by atoms with van der Waals surface area (Å²) in [4.78, 5) is 8.73. The molecule has 156 valence electrons. The molecule has 1 aliphatic rings. The molecule has 0 unspecified atom stereocenters. The van der Waals surface area contributed by atoms with Crippen LogP contribution < -0.4 is 24.8 Å². The summed E-state index contributed by atoms with van der Waals surface area (Å²) in [7, 11) is 5.02. The van der Waals surface area contributed by atoms with Gasteiger partial charge in [-0.25, -0.2) is 4.98 Å². The van der Waals surface area contributed by atoms with Crippen LogP contribution in [0.2, 0.25) is 0 Å². The van der Waals surface area contributed by atoms with Gasteiger partial charge >= 0.3 is 0 Å². The molecule has 1 fully saturated rings. The van der Waals surface area contributed by atoms with E-state index in [4.69, 9.17) is 14.2 Å². The number of nitrogens with zero attached hydrogens (tertiary/aromatic N) is 2. The summed E-state index contributed by atoms with van der Waals surface area (Å²) in [5.74, 6) is 2.83. The van der Waals surface area contributed by atoms with E-state index in [1.807, 2.05) is 30.3 Å². The van der Waals surface area contributed by atoms with Crippen molar-refractivity contribution in [1.29, 1.82) is 0 Å². The van der Waals surface area contributed by atoms with Crippen LogP contribution in [-0.4, -0.2) is 38.3 Å². The number of pyridine rings is 1. The van der Waals surface area contributed by atoms with Crippen molar-refractivity contribution in [1.82, 2.24) is 15.6 Å². The van der Waals surface area contributed by atoms with E-state index in [0.717, 1.165) is 24.0 Å². The summed E-state index contributed by atoms with van der Waals surface area (Å²) < 4.78 is 16.8. The highest BCUT2D eigenvalue weighted by Gasteiger charge is 2.18. The minimum Gasteiger partial charge on any atom is -0.493 e. The number of aromatic nitrogens is 1. The Morgan fingerprint density at radius 1 is 1.07 bits per heavy atom. The standard InChI is InChI=1S/C22H30N4O3/c1-23-22(25-14-16-10-11-19(27-2)20(13-16)28-3)26-15-17-7-6-12-24-21(17)29-18-8-4-5-9-18/h6-7,10-13,18H,4-5,8-9,14-15H2,1-3H3,(H2,23,25,26). The van der Waals surface area contributed by atoms with Gasteiger partial charge in [-0.3, -0.25) is 4.99 Å². The van der Waals surface area contributed by atoms with Crippen molar-refractivity contribution < 1.29 is 14.2 Å². The third kappa shape index (κ3) is 5.76. The Morgan fingerprint density at radius 2 is 1.83 bits per heavy atom. The van der Waals surface area contributed by atoms with E-state index in [-0.39, 0.29) is 6.10 Å². The first-order valence-electron chi connectivity index (χ1n) is 9.99. The van der Waals surface area contributed by atoms with E-state index in [0.29, 0.717) is 36.4 Å². The van der Waals surface area contributed by atoms with Crippen LogP contribution in [0.5, 0.6) is 17.4 Å². The summed E-state index contributed by atoms with van der Waals surface area (Å²) >= 11 is 0. The molecular weight excluding hydrogens is 368 g/mol. The van der Waals surface area contributed by atoms with Gasteiger partial charge in [0.25, 0.3) is 0 Å². The lowest BCUT2D eigenvalue weighted by molar-refractivity contribution is 0.199. The number of guanidine groups is 1. The van der Waals surface area contributed by atoms with Gasteiger partial charge in [-0.2, -0.15) is 0 Å². The van der Waals surface area contributed by atoms with Crippen molar-refractivity contribution in [3.05, 3.63) is 47.7 Å². The Bertz CT molecular complexity index is 819. The smallest absolute Gasteiger partial charge is 0.218 e. The molecule has 29 heavy (non-hydrogen) atoms.